The molecule has 2 N–H and O–H groups in total. The van der Waals surface area contributed by atoms with Crippen LogP contribution in [0.2, 0.25) is 5.02 Å². The van der Waals surface area contributed by atoms with Crippen molar-refractivity contribution in [2.75, 3.05) is 32.1 Å². The second-order valence-corrected chi connectivity index (χ2v) is 4.15. The standard InChI is InChI=1S/C12H15ClF2N2O3/c1-19-5-4-16-7-11(18)17-8-2-3-10(9(13)6-8)20-12(14)15/h2-3,6,12,16H,4-5,7H2,1H3,(H,17,18). The van der Waals surface area contributed by atoms with Crippen LogP contribution in [0.15, 0.2) is 18.2 Å². The molecule has 1 rings (SSSR count). The first-order valence-electron chi connectivity index (χ1n) is 5.76. The van der Waals surface area contributed by atoms with E-state index in [9.17, 15) is 13.6 Å². The largest absolute Gasteiger partial charge is 0.433 e. The van der Waals surface area contributed by atoms with Gasteiger partial charge < -0.3 is 20.1 Å². The van der Waals surface area contributed by atoms with Gasteiger partial charge in [0.1, 0.15) is 5.75 Å². The average Bonchev–Trinajstić information content (AvgIpc) is 2.37. The summed E-state index contributed by atoms with van der Waals surface area (Å²) >= 11 is 5.76. The summed E-state index contributed by atoms with van der Waals surface area (Å²) in [5.41, 5.74) is 0.398. The van der Waals surface area contributed by atoms with Gasteiger partial charge in [0.25, 0.3) is 0 Å². The second kappa shape index (κ2) is 8.68. The Morgan fingerprint density at radius 2 is 2.20 bits per heavy atom. The number of hydrogen-bond acceptors (Lipinski definition) is 4. The van der Waals surface area contributed by atoms with Crippen LogP contribution in [0.3, 0.4) is 0 Å². The third-order valence-electron chi connectivity index (χ3n) is 2.20. The molecule has 0 aromatic heterocycles. The number of ether oxygens (including phenoxy) is 2. The van der Waals surface area contributed by atoms with Gasteiger partial charge in [-0.1, -0.05) is 11.6 Å². The van der Waals surface area contributed by atoms with Crippen molar-refractivity contribution in [1.82, 2.24) is 5.32 Å². The van der Waals surface area contributed by atoms with Crippen molar-refractivity contribution < 1.29 is 23.0 Å². The van der Waals surface area contributed by atoms with Crippen LogP contribution < -0.4 is 15.4 Å². The Morgan fingerprint density at radius 1 is 1.45 bits per heavy atom. The van der Waals surface area contributed by atoms with Crippen molar-refractivity contribution in [2.24, 2.45) is 0 Å². The number of benzene rings is 1. The van der Waals surface area contributed by atoms with E-state index in [4.69, 9.17) is 16.3 Å². The molecule has 0 saturated heterocycles. The Bertz CT molecular complexity index is 447. The molecule has 1 aromatic carbocycles. The number of carbonyl (C=O) groups excluding carboxylic acids is 1. The number of hydrogen-bond donors (Lipinski definition) is 2. The first-order valence-corrected chi connectivity index (χ1v) is 6.14. The highest BCUT2D eigenvalue weighted by molar-refractivity contribution is 6.32. The molecule has 0 fully saturated rings. The fourth-order valence-corrected chi connectivity index (χ4v) is 1.58. The van der Waals surface area contributed by atoms with E-state index in [1.54, 1.807) is 7.11 Å². The number of halogens is 3. The zero-order valence-electron chi connectivity index (χ0n) is 10.8. The van der Waals surface area contributed by atoms with Gasteiger partial charge in [0.15, 0.2) is 0 Å². The lowest BCUT2D eigenvalue weighted by molar-refractivity contribution is -0.115. The zero-order valence-corrected chi connectivity index (χ0v) is 11.5. The van der Waals surface area contributed by atoms with E-state index in [1.807, 2.05) is 0 Å². The van der Waals surface area contributed by atoms with Crippen LogP contribution in [0.4, 0.5) is 14.5 Å². The Hall–Kier alpha value is -1.44. The predicted octanol–water partition coefficient (Wildman–Crippen LogP) is 2.12. The van der Waals surface area contributed by atoms with E-state index in [1.165, 1.54) is 18.2 Å². The van der Waals surface area contributed by atoms with Gasteiger partial charge in [0, 0.05) is 19.3 Å². The molecular formula is C12H15ClF2N2O3. The van der Waals surface area contributed by atoms with Crippen molar-refractivity contribution in [3.05, 3.63) is 23.2 Å². The normalized spacial score (nSPS) is 10.7. The van der Waals surface area contributed by atoms with Crippen LogP contribution in [0, 0.1) is 0 Å². The van der Waals surface area contributed by atoms with Crippen molar-refractivity contribution >= 4 is 23.2 Å². The van der Waals surface area contributed by atoms with Gasteiger partial charge >= 0.3 is 6.61 Å². The first-order chi connectivity index (χ1) is 9.52. The molecule has 0 aliphatic carbocycles. The molecule has 0 saturated carbocycles. The second-order valence-electron chi connectivity index (χ2n) is 3.74. The van der Waals surface area contributed by atoms with Gasteiger partial charge in [-0.25, -0.2) is 0 Å². The lowest BCUT2D eigenvalue weighted by atomic mass is 10.3. The molecule has 0 spiro atoms. The van der Waals surface area contributed by atoms with Crippen LogP contribution in [-0.2, 0) is 9.53 Å². The Morgan fingerprint density at radius 3 is 2.80 bits per heavy atom. The third kappa shape index (κ3) is 6.14. The van der Waals surface area contributed by atoms with Crippen molar-refractivity contribution in [2.45, 2.75) is 6.61 Å². The summed E-state index contributed by atoms with van der Waals surface area (Å²) in [5.74, 6) is -0.419. The van der Waals surface area contributed by atoms with E-state index in [0.29, 0.717) is 18.8 Å². The molecule has 1 amide bonds. The van der Waals surface area contributed by atoms with E-state index in [2.05, 4.69) is 15.4 Å². The number of rotatable bonds is 8. The monoisotopic (exact) mass is 308 g/mol. The van der Waals surface area contributed by atoms with Gasteiger partial charge in [-0.3, -0.25) is 4.79 Å². The topological polar surface area (TPSA) is 59.6 Å². The summed E-state index contributed by atoms with van der Waals surface area (Å²) in [4.78, 5) is 11.5. The van der Waals surface area contributed by atoms with Crippen LogP contribution >= 0.6 is 11.6 Å². The first kappa shape index (κ1) is 16.6. The maximum Gasteiger partial charge on any atom is 0.387 e. The van der Waals surface area contributed by atoms with Gasteiger partial charge in [0.2, 0.25) is 5.91 Å². The average molecular weight is 309 g/mol. The molecule has 5 nitrogen and oxygen atoms in total. The number of anilines is 1. The summed E-state index contributed by atoms with van der Waals surface area (Å²) in [6.45, 7) is -1.79. The van der Waals surface area contributed by atoms with Gasteiger partial charge in [-0.05, 0) is 18.2 Å². The molecule has 0 aliphatic heterocycles. The number of alkyl halides is 2. The minimum atomic E-state index is -2.95. The summed E-state index contributed by atoms with van der Waals surface area (Å²) in [6, 6.07) is 4.03. The Kier molecular flexibility index (Phi) is 7.21. The fraction of sp³-hybridized carbons (Fsp3) is 0.417. The number of carbonyl (C=O) groups is 1. The minimum Gasteiger partial charge on any atom is -0.433 e. The molecule has 1 aromatic rings. The maximum absolute atomic E-state index is 12.0. The molecule has 0 aliphatic rings. The lowest BCUT2D eigenvalue weighted by Gasteiger charge is -2.10. The summed E-state index contributed by atoms with van der Waals surface area (Å²) < 4.78 is 33.1. The summed E-state index contributed by atoms with van der Waals surface area (Å²) in [5, 5.41) is 5.43. The van der Waals surface area contributed by atoms with E-state index < -0.39 is 6.61 Å². The van der Waals surface area contributed by atoms with Gasteiger partial charge in [-0.15, -0.1) is 0 Å². The molecule has 0 radical (unpaired) electrons. The van der Waals surface area contributed by atoms with Crippen LogP contribution in [-0.4, -0.2) is 39.3 Å². The summed E-state index contributed by atoms with van der Waals surface area (Å²) in [7, 11) is 1.56. The molecule has 0 unspecified atom stereocenters. The third-order valence-corrected chi connectivity index (χ3v) is 2.50. The molecule has 0 heterocycles. The fourth-order valence-electron chi connectivity index (χ4n) is 1.35. The number of nitrogens with one attached hydrogen (secondary N) is 2. The molecule has 8 heteroatoms. The molecule has 112 valence electrons. The van der Waals surface area contributed by atoms with E-state index in [0.717, 1.165) is 0 Å². The Labute approximate surface area is 120 Å². The summed E-state index contributed by atoms with van der Waals surface area (Å²) in [6.07, 6.45) is 0. The van der Waals surface area contributed by atoms with Crippen LogP contribution in [0.25, 0.3) is 0 Å². The van der Waals surface area contributed by atoms with Gasteiger partial charge in [-0.2, -0.15) is 8.78 Å². The lowest BCUT2D eigenvalue weighted by Crippen LogP contribution is -2.30. The Balaban J connectivity index is 2.48. The van der Waals surface area contributed by atoms with Crippen LogP contribution in [0.5, 0.6) is 5.75 Å². The molecule has 20 heavy (non-hydrogen) atoms. The molecule has 0 bridgehead atoms. The van der Waals surface area contributed by atoms with Crippen molar-refractivity contribution in [1.29, 1.82) is 0 Å². The highest BCUT2D eigenvalue weighted by atomic mass is 35.5. The zero-order chi connectivity index (χ0) is 15.0. The minimum absolute atomic E-state index is 0.00422. The quantitative estimate of drug-likeness (QED) is 0.722. The smallest absolute Gasteiger partial charge is 0.387 e. The van der Waals surface area contributed by atoms with Crippen molar-refractivity contribution in [3.63, 3.8) is 0 Å². The van der Waals surface area contributed by atoms with E-state index >= 15 is 0 Å². The van der Waals surface area contributed by atoms with Crippen molar-refractivity contribution in [3.8, 4) is 5.75 Å². The maximum atomic E-state index is 12.0. The molecule has 0 atom stereocenters. The predicted molar refractivity (Wildman–Crippen MR) is 71.5 cm³/mol. The number of amides is 1. The van der Waals surface area contributed by atoms with Crippen LogP contribution in [0.1, 0.15) is 0 Å². The highest BCUT2D eigenvalue weighted by Crippen LogP contribution is 2.28. The molecular weight excluding hydrogens is 294 g/mol. The van der Waals surface area contributed by atoms with Gasteiger partial charge in [0.05, 0.1) is 18.2 Å². The number of methoxy groups -OCH3 is 1. The SMILES string of the molecule is COCCNCC(=O)Nc1ccc(OC(F)F)c(Cl)c1. The van der Waals surface area contributed by atoms with E-state index in [-0.39, 0.29) is 23.2 Å². The highest BCUT2D eigenvalue weighted by Gasteiger charge is 2.10.